The highest BCUT2D eigenvalue weighted by atomic mass is 16.1. The second-order valence-corrected chi connectivity index (χ2v) is 3.63. The fourth-order valence-corrected chi connectivity index (χ4v) is 1.90. The first-order valence-electron chi connectivity index (χ1n) is 4.44. The topological polar surface area (TPSA) is 17.1 Å². The molecule has 0 aromatic rings. The number of carbonyl (C=O) groups excluding carboxylic acids is 1. The Hall–Kier alpha value is -0.850. The van der Waals surface area contributed by atoms with Crippen molar-refractivity contribution in [3.63, 3.8) is 0 Å². The molecule has 0 amide bonds. The summed E-state index contributed by atoms with van der Waals surface area (Å²) in [5, 5.41) is 0. The van der Waals surface area contributed by atoms with Crippen LogP contribution >= 0.6 is 0 Å². The van der Waals surface area contributed by atoms with Crippen LogP contribution in [0.1, 0.15) is 26.2 Å². The zero-order valence-electron chi connectivity index (χ0n) is 7.68. The van der Waals surface area contributed by atoms with Gasteiger partial charge in [-0.2, -0.15) is 0 Å². The summed E-state index contributed by atoms with van der Waals surface area (Å²) in [7, 11) is 0. The molecule has 0 spiro atoms. The average Bonchev–Trinajstić information content (AvgIpc) is 2.03. The first-order chi connectivity index (χ1) is 5.65. The lowest BCUT2D eigenvalue weighted by atomic mass is 9.75. The smallest absolute Gasteiger partial charge is 0.133 e. The SMILES string of the molecule is C=CC1CC(=O)CCC1C(=C)C. The van der Waals surface area contributed by atoms with Gasteiger partial charge in [-0.25, -0.2) is 0 Å². The molecule has 0 heterocycles. The van der Waals surface area contributed by atoms with E-state index in [4.69, 9.17) is 0 Å². The number of rotatable bonds is 2. The molecule has 1 aliphatic rings. The first kappa shape index (κ1) is 9.24. The van der Waals surface area contributed by atoms with E-state index in [9.17, 15) is 4.79 Å². The Kier molecular flexibility index (Phi) is 2.85. The third-order valence-corrected chi connectivity index (χ3v) is 2.65. The van der Waals surface area contributed by atoms with Gasteiger partial charge >= 0.3 is 0 Å². The van der Waals surface area contributed by atoms with E-state index < -0.39 is 0 Å². The summed E-state index contributed by atoms with van der Waals surface area (Å²) in [6.07, 6.45) is 4.25. The summed E-state index contributed by atoms with van der Waals surface area (Å²) >= 11 is 0. The maximum Gasteiger partial charge on any atom is 0.133 e. The molecule has 1 rings (SSSR count). The highest BCUT2D eigenvalue weighted by molar-refractivity contribution is 5.79. The molecule has 1 aliphatic carbocycles. The van der Waals surface area contributed by atoms with Crippen molar-refractivity contribution in [3.05, 3.63) is 24.8 Å². The van der Waals surface area contributed by atoms with E-state index >= 15 is 0 Å². The average molecular weight is 164 g/mol. The van der Waals surface area contributed by atoms with Crippen LogP contribution in [0, 0.1) is 11.8 Å². The van der Waals surface area contributed by atoms with Crippen LogP contribution in [0.2, 0.25) is 0 Å². The monoisotopic (exact) mass is 164 g/mol. The lowest BCUT2D eigenvalue weighted by Crippen LogP contribution is -2.23. The molecule has 0 bridgehead atoms. The number of ketones is 1. The maximum atomic E-state index is 11.1. The highest BCUT2D eigenvalue weighted by Gasteiger charge is 2.27. The van der Waals surface area contributed by atoms with Crippen LogP contribution in [-0.4, -0.2) is 5.78 Å². The van der Waals surface area contributed by atoms with Crippen molar-refractivity contribution in [2.24, 2.45) is 11.8 Å². The molecule has 2 unspecified atom stereocenters. The highest BCUT2D eigenvalue weighted by Crippen LogP contribution is 2.33. The van der Waals surface area contributed by atoms with Gasteiger partial charge in [0.15, 0.2) is 0 Å². The van der Waals surface area contributed by atoms with Gasteiger partial charge in [-0.1, -0.05) is 18.2 Å². The van der Waals surface area contributed by atoms with Gasteiger partial charge in [0, 0.05) is 12.8 Å². The summed E-state index contributed by atoms with van der Waals surface area (Å²) in [6.45, 7) is 9.74. The molecule has 0 N–H and O–H groups in total. The van der Waals surface area contributed by atoms with E-state index in [-0.39, 0.29) is 0 Å². The van der Waals surface area contributed by atoms with Crippen molar-refractivity contribution in [3.8, 4) is 0 Å². The standard InChI is InChI=1S/C11H16O/c1-4-9-7-10(12)5-6-11(9)8(2)3/h4,9,11H,1-2,5-7H2,3H3. The zero-order chi connectivity index (χ0) is 9.14. The second kappa shape index (κ2) is 3.70. The van der Waals surface area contributed by atoms with Gasteiger partial charge in [0.25, 0.3) is 0 Å². The minimum absolute atomic E-state index is 0.337. The van der Waals surface area contributed by atoms with Gasteiger partial charge in [0.2, 0.25) is 0 Å². The summed E-state index contributed by atoms with van der Waals surface area (Å²) < 4.78 is 0. The molecule has 0 radical (unpaired) electrons. The molecular formula is C11H16O. The Morgan fingerprint density at radius 2 is 2.33 bits per heavy atom. The van der Waals surface area contributed by atoms with Crippen molar-refractivity contribution in [1.29, 1.82) is 0 Å². The molecule has 0 aromatic heterocycles. The molecule has 1 nitrogen and oxygen atoms in total. The van der Waals surface area contributed by atoms with Gasteiger partial charge in [-0.3, -0.25) is 4.79 Å². The summed E-state index contributed by atoms with van der Waals surface area (Å²) in [6, 6.07) is 0. The van der Waals surface area contributed by atoms with Crippen LogP contribution in [0.3, 0.4) is 0 Å². The van der Waals surface area contributed by atoms with Gasteiger partial charge in [0.05, 0.1) is 0 Å². The predicted octanol–water partition coefficient (Wildman–Crippen LogP) is 2.73. The van der Waals surface area contributed by atoms with Gasteiger partial charge < -0.3 is 0 Å². The fraction of sp³-hybridized carbons (Fsp3) is 0.545. The van der Waals surface area contributed by atoms with E-state index in [1.54, 1.807) is 0 Å². The molecule has 2 atom stereocenters. The van der Waals surface area contributed by atoms with Gasteiger partial charge in [0.1, 0.15) is 5.78 Å². The minimum atomic E-state index is 0.337. The van der Waals surface area contributed by atoms with Crippen LogP contribution in [0.15, 0.2) is 24.8 Å². The normalized spacial score (nSPS) is 29.9. The minimum Gasteiger partial charge on any atom is -0.300 e. The van der Waals surface area contributed by atoms with E-state index in [0.717, 1.165) is 12.8 Å². The Morgan fingerprint density at radius 1 is 1.67 bits per heavy atom. The number of Topliss-reactive ketones (excluding diaryl/α,β-unsaturated/α-hetero) is 1. The van der Waals surface area contributed by atoms with Crippen LogP contribution in [0.25, 0.3) is 0 Å². The fourth-order valence-electron chi connectivity index (χ4n) is 1.90. The molecule has 66 valence electrons. The molecule has 1 saturated carbocycles. The van der Waals surface area contributed by atoms with Crippen molar-refractivity contribution in [2.75, 3.05) is 0 Å². The largest absolute Gasteiger partial charge is 0.300 e. The third kappa shape index (κ3) is 1.84. The first-order valence-corrected chi connectivity index (χ1v) is 4.44. The van der Waals surface area contributed by atoms with Crippen LogP contribution in [-0.2, 0) is 4.79 Å². The molecule has 0 aliphatic heterocycles. The Labute approximate surface area is 74.2 Å². The summed E-state index contributed by atoms with van der Waals surface area (Å²) in [4.78, 5) is 11.1. The maximum absolute atomic E-state index is 11.1. The van der Waals surface area contributed by atoms with Gasteiger partial charge in [-0.05, 0) is 25.2 Å². The summed E-state index contributed by atoms with van der Waals surface area (Å²) in [5.74, 6) is 1.20. The zero-order valence-corrected chi connectivity index (χ0v) is 7.68. The number of carbonyl (C=O) groups is 1. The molecule has 12 heavy (non-hydrogen) atoms. The van der Waals surface area contributed by atoms with Crippen molar-refractivity contribution in [2.45, 2.75) is 26.2 Å². The van der Waals surface area contributed by atoms with Crippen LogP contribution in [0.5, 0.6) is 0 Å². The van der Waals surface area contributed by atoms with E-state index in [2.05, 4.69) is 13.2 Å². The second-order valence-electron chi connectivity index (χ2n) is 3.63. The molecule has 1 fully saturated rings. The van der Waals surface area contributed by atoms with Crippen LogP contribution < -0.4 is 0 Å². The third-order valence-electron chi connectivity index (χ3n) is 2.65. The van der Waals surface area contributed by atoms with E-state index in [1.807, 2.05) is 13.0 Å². The predicted molar refractivity (Wildman–Crippen MR) is 50.8 cm³/mol. The van der Waals surface area contributed by atoms with E-state index in [0.29, 0.717) is 24.0 Å². The number of allylic oxidation sites excluding steroid dienone is 2. The molecule has 0 aromatic carbocycles. The lowest BCUT2D eigenvalue weighted by Gasteiger charge is -2.28. The Morgan fingerprint density at radius 3 is 2.83 bits per heavy atom. The lowest BCUT2D eigenvalue weighted by molar-refractivity contribution is -0.121. The van der Waals surface area contributed by atoms with Crippen LogP contribution in [0.4, 0.5) is 0 Å². The van der Waals surface area contributed by atoms with Crippen molar-refractivity contribution >= 4 is 5.78 Å². The molecular weight excluding hydrogens is 148 g/mol. The van der Waals surface area contributed by atoms with Crippen molar-refractivity contribution < 1.29 is 4.79 Å². The Balaban J connectivity index is 2.68. The molecule has 1 heteroatoms. The number of hydrogen-bond acceptors (Lipinski definition) is 1. The number of hydrogen-bond donors (Lipinski definition) is 0. The summed E-state index contributed by atoms with van der Waals surface area (Å²) in [5.41, 5.74) is 1.19. The van der Waals surface area contributed by atoms with E-state index in [1.165, 1.54) is 5.57 Å². The Bertz CT molecular complexity index is 215. The van der Waals surface area contributed by atoms with Crippen molar-refractivity contribution in [1.82, 2.24) is 0 Å². The van der Waals surface area contributed by atoms with Gasteiger partial charge in [-0.15, -0.1) is 6.58 Å². The molecule has 0 saturated heterocycles. The quantitative estimate of drug-likeness (QED) is 0.573.